The van der Waals surface area contributed by atoms with Gasteiger partial charge in [0.2, 0.25) is 0 Å². The quantitative estimate of drug-likeness (QED) is 0.798. The van der Waals surface area contributed by atoms with Crippen LogP contribution < -0.4 is 5.32 Å². The van der Waals surface area contributed by atoms with E-state index in [1.807, 2.05) is 6.07 Å². The van der Waals surface area contributed by atoms with E-state index in [2.05, 4.69) is 15.6 Å². The van der Waals surface area contributed by atoms with Gasteiger partial charge < -0.3 is 5.32 Å². The second-order valence-corrected chi connectivity index (χ2v) is 4.09. The lowest BCUT2D eigenvalue weighted by Gasteiger charge is -2.06. The molecule has 6 heteroatoms. The van der Waals surface area contributed by atoms with Crippen LogP contribution in [0.2, 0.25) is 0 Å². The van der Waals surface area contributed by atoms with Crippen molar-refractivity contribution < 1.29 is 4.39 Å². The summed E-state index contributed by atoms with van der Waals surface area (Å²) in [5.74, 6) is -0.436. The highest BCUT2D eigenvalue weighted by atomic mass is 19.1. The number of rotatable bonds is 6. The van der Waals surface area contributed by atoms with Gasteiger partial charge in [0.1, 0.15) is 11.9 Å². The van der Waals surface area contributed by atoms with Gasteiger partial charge in [0, 0.05) is 24.8 Å². The second kappa shape index (κ2) is 6.61. The summed E-state index contributed by atoms with van der Waals surface area (Å²) < 4.78 is 15.5. The maximum absolute atomic E-state index is 13.7. The van der Waals surface area contributed by atoms with Crippen molar-refractivity contribution in [3.05, 3.63) is 47.5 Å². The van der Waals surface area contributed by atoms with Gasteiger partial charge in [-0.25, -0.2) is 4.39 Å². The summed E-state index contributed by atoms with van der Waals surface area (Å²) in [4.78, 5) is 0. The Labute approximate surface area is 110 Å². The molecule has 0 radical (unpaired) electrons. The lowest BCUT2D eigenvalue weighted by molar-refractivity contribution is 0.523. The molecule has 98 valence electrons. The molecule has 1 aromatic carbocycles. The first-order valence-corrected chi connectivity index (χ1v) is 6.03. The molecule has 0 saturated heterocycles. The molecule has 5 nitrogen and oxygen atoms in total. The fourth-order valence-electron chi connectivity index (χ4n) is 1.74. The van der Waals surface area contributed by atoms with E-state index in [4.69, 9.17) is 5.26 Å². The average molecular weight is 259 g/mol. The van der Waals surface area contributed by atoms with Crippen LogP contribution in [0.3, 0.4) is 0 Å². The van der Waals surface area contributed by atoms with Crippen molar-refractivity contribution in [3.63, 3.8) is 0 Å². The SMILES string of the molecule is N#Cc1cccc(CNCCCn2ccnn2)c1F. The molecular weight excluding hydrogens is 245 g/mol. The van der Waals surface area contributed by atoms with Crippen LogP contribution in [0.25, 0.3) is 0 Å². The van der Waals surface area contributed by atoms with Crippen LogP contribution in [0.15, 0.2) is 30.6 Å². The third-order valence-corrected chi connectivity index (χ3v) is 2.73. The Morgan fingerprint density at radius 1 is 1.42 bits per heavy atom. The predicted octanol–water partition coefficient (Wildman–Crippen LogP) is 1.47. The van der Waals surface area contributed by atoms with E-state index in [-0.39, 0.29) is 5.56 Å². The Balaban J connectivity index is 1.75. The first kappa shape index (κ1) is 13.2. The number of nitrogens with zero attached hydrogens (tertiary/aromatic N) is 4. The van der Waals surface area contributed by atoms with E-state index >= 15 is 0 Å². The summed E-state index contributed by atoms with van der Waals surface area (Å²) in [6, 6.07) is 6.68. The molecule has 0 spiro atoms. The summed E-state index contributed by atoms with van der Waals surface area (Å²) in [6.07, 6.45) is 4.31. The zero-order valence-corrected chi connectivity index (χ0v) is 10.4. The Morgan fingerprint density at radius 2 is 2.32 bits per heavy atom. The Bertz CT molecular complexity index is 559. The molecule has 0 aliphatic rings. The molecule has 0 aliphatic heterocycles. The number of aromatic nitrogens is 3. The summed E-state index contributed by atoms with van der Waals surface area (Å²) >= 11 is 0. The number of benzene rings is 1. The minimum Gasteiger partial charge on any atom is -0.312 e. The van der Waals surface area contributed by atoms with Gasteiger partial charge in [0.05, 0.1) is 11.8 Å². The third-order valence-electron chi connectivity index (χ3n) is 2.73. The lowest BCUT2D eigenvalue weighted by atomic mass is 10.1. The number of hydrogen-bond donors (Lipinski definition) is 1. The van der Waals surface area contributed by atoms with Crippen LogP contribution >= 0.6 is 0 Å². The number of nitrogens with one attached hydrogen (secondary N) is 1. The fraction of sp³-hybridized carbons (Fsp3) is 0.308. The molecule has 0 amide bonds. The maximum atomic E-state index is 13.7. The highest BCUT2D eigenvalue weighted by molar-refractivity contribution is 5.34. The average Bonchev–Trinajstić information content (AvgIpc) is 2.93. The van der Waals surface area contributed by atoms with Gasteiger partial charge >= 0.3 is 0 Å². The van der Waals surface area contributed by atoms with E-state index < -0.39 is 5.82 Å². The van der Waals surface area contributed by atoms with Gasteiger partial charge in [-0.3, -0.25) is 4.68 Å². The topological polar surface area (TPSA) is 66.5 Å². The molecule has 0 aliphatic carbocycles. The standard InChI is InChI=1S/C13H14FN5/c14-13-11(9-15)3-1-4-12(13)10-16-5-2-7-19-8-6-17-18-19/h1,3-4,6,8,16H,2,5,7,10H2. The summed E-state index contributed by atoms with van der Waals surface area (Å²) in [5.41, 5.74) is 0.599. The van der Waals surface area contributed by atoms with Crippen molar-refractivity contribution >= 4 is 0 Å². The molecule has 2 rings (SSSR count). The minimum absolute atomic E-state index is 0.0851. The lowest BCUT2D eigenvalue weighted by Crippen LogP contribution is -2.17. The molecule has 19 heavy (non-hydrogen) atoms. The Morgan fingerprint density at radius 3 is 3.05 bits per heavy atom. The minimum atomic E-state index is -0.436. The van der Waals surface area contributed by atoms with Gasteiger partial charge in [-0.1, -0.05) is 17.3 Å². The van der Waals surface area contributed by atoms with E-state index in [1.54, 1.807) is 29.2 Å². The van der Waals surface area contributed by atoms with Crippen LogP contribution in [0.4, 0.5) is 4.39 Å². The molecule has 1 N–H and O–H groups in total. The first-order chi connectivity index (χ1) is 9.31. The Kier molecular flexibility index (Phi) is 4.59. The van der Waals surface area contributed by atoms with E-state index in [1.165, 1.54) is 6.07 Å². The van der Waals surface area contributed by atoms with Crippen LogP contribution in [0.1, 0.15) is 17.5 Å². The summed E-state index contributed by atoms with van der Waals surface area (Å²) in [5, 5.41) is 19.4. The van der Waals surface area contributed by atoms with Crippen LogP contribution in [-0.2, 0) is 13.1 Å². The molecular formula is C13H14FN5. The third kappa shape index (κ3) is 3.60. The molecule has 1 heterocycles. The van der Waals surface area contributed by atoms with Gasteiger partial charge in [-0.05, 0) is 19.0 Å². The predicted molar refractivity (Wildman–Crippen MR) is 67.5 cm³/mol. The summed E-state index contributed by atoms with van der Waals surface area (Å²) in [7, 11) is 0. The molecule has 0 bridgehead atoms. The number of aryl methyl sites for hydroxylation is 1. The van der Waals surface area contributed by atoms with Crippen LogP contribution in [-0.4, -0.2) is 21.5 Å². The monoisotopic (exact) mass is 259 g/mol. The highest BCUT2D eigenvalue weighted by Gasteiger charge is 2.06. The van der Waals surface area contributed by atoms with Gasteiger partial charge in [-0.15, -0.1) is 5.10 Å². The van der Waals surface area contributed by atoms with Crippen molar-refractivity contribution in [1.29, 1.82) is 5.26 Å². The normalized spacial score (nSPS) is 10.3. The van der Waals surface area contributed by atoms with Crippen molar-refractivity contribution in [2.24, 2.45) is 0 Å². The first-order valence-electron chi connectivity index (χ1n) is 6.03. The zero-order valence-electron chi connectivity index (χ0n) is 10.4. The molecule has 2 aromatic rings. The smallest absolute Gasteiger partial charge is 0.145 e. The van der Waals surface area contributed by atoms with Gasteiger partial charge in [0.15, 0.2) is 0 Å². The van der Waals surface area contributed by atoms with Crippen LogP contribution in [0.5, 0.6) is 0 Å². The largest absolute Gasteiger partial charge is 0.312 e. The van der Waals surface area contributed by atoms with Crippen molar-refractivity contribution in [3.8, 4) is 6.07 Å². The van der Waals surface area contributed by atoms with Gasteiger partial charge in [0.25, 0.3) is 0 Å². The van der Waals surface area contributed by atoms with E-state index in [0.717, 1.165) is 19.5 Å². The number of halogens is 1. The molecule has 0 unspecified atom stereocenters. The van der Waals surface area contributed by atoms with Crippen LogP contribution in [0, 0.1) is 17.1 Å². The highest BCUT2D eigenvalue weighted by Crippen LogP contribution is 2.11. The van der Waals surface area contributed by atoms with Gasteiger partial charge in [-0.2, -0.15) is 5.26 Å². The van der Waals surface area contributed by atoms with Crippen molar-refractivity contribution in [2.75, 3.05) is 6.54 Å². The molecule has 0 atom stereocenters. The summed E-state index contributed by atoms with van der Waals surface area (Å²) in [6.45, 7) is 1.93. The molecule has 0 saturated carbocycles. The molecule has 0 fully saturated rings. The van der Waals surface area contributed by atoms with E-state index in [9.17, 15) is 4.39 Å². The maximum Gasteiger partial charge on any atom is 0.145 e. The zero-order chi connectivity index (χ0) is 13.5. The number of nitriles is 1. The van der Waals surface area contributed by atoms with Crippen molar-refractivity contribution in [2.45, 2.75) is 19.5 Å². The van der Waals surface area contributed by atoms with E-state index in [0.29, 0.717) is 12.1 Å². The number of hydrogen-bond acceptors (Lipinski definition) is 4. The fourth-order valence-corrected chi connectivity index (χ4v) is 1.74. The Hall–Kier alpha value is -2.26. The molecule has 1 aromatic heterocycles. The van der Waals surface area contributed by atoms with Crippen molar-refractivity contribution in [1.82, 2.24) is 20.3 Å². The second-order valence-electron chi connectivity index (χ2n) is 4.09.